The van der Waals surface area contributed by atoms with Crippen molar-refractivity contribution < 1.29 is 13.5 Å². The molecule has 1 aliphatic rings. The molecule has 1 fully saturated rings. The summed E-state index contributed by atoms with van der Waals surface area (Å²) in [5.74, 6) is -1.04. The Morgan fingerprint density at radius 3 is 2.75 bits per heavy atom. The van der Waals surface area contributed by atoms with E-state index in [1.54, 1.807) is 7.11 Å². The minimum atomic E-state index is -0.577. The van der Waals surface area contributed by atoms with Crippen LogP contribution in [0.1, 0.15) is 20.3 Å². The predicted molar refractivity (Wildman–Crippen MR) is 74.6 cm³/mol. The van der Waals surface area contributed by atoms with Crippen molar-refractivity contribution in [2.45, 2.75) is 32.4 Å². The molecule has 2 rings (SSSR count). The molecular weight excluding hydrogens is 264 g/mol. The number of halogens is 2. The van der Waals surface area contributed by atoms with Gasteiger partial charge >= 0.3 is 0 Å². The van der Waals surface area contributed by atoms with Gasteiger partial charge in [-0.2, -0.15) is 0 Å². The topological polar surface area (TPSA) is 59.6 Å². The van der Waals surface area contributed by atoms with Crippen molar-refractivity contribution in [3.8, 4) is 0 Å². The molecule has 2 atom stereocenters. The first-order valence-electron chi connectivity index (χ1n) is 6.42. The molecule has 0 aromatic heterocycles. The van der Waals surface area contributed by atoms with Gasteiger partial charge in [0.15, 0.2) is 5.96 Å². The van der Waals surface area contributed by atoms with E-state index in [1.807, 2.05) is 13.8 Å². The average Bonchev–Trinajstić information content (AvgIpc) is 2.38. The van der Waals surface area contributed by atoms with E-state index < -0.39 is 11.6 Å². The van der Waals surface area contributed by atoms with E-state index in [0.717, 1.165) is 24.6 Å². The lowest BCUT2D eigenvalue weighted by molar-refractivity contribution is -0.0850. The molecule has 6 heteroatoms. The van der Waals surface area contributed by atoms with E-state index >= 15 is 0 Å². The summed E-state index contributed by atoms with van der Waals surface area (Å²) < 4.78 is 31.9. The highest BCUT2D eigenvalue weighted by Crippen LogP contribution is 2.44. The summed E-state index contributed by atoms with van der Waals surface area (Å²) in [4.78, 5) is 4.31. The number of nitrogens with one attached hydrogen (secondary N) is 1. The Labute approximate surface area is 117 Å². The Balaban J connectivity index is 2.07. The highest BCUT2D eigenvalue weighted by Gasteiger charge is 2.48. The lowest BCUT2D eigenvalue weighted by Crippen LogP contribution is -2.54. The molecule has 0 heterocycles. The van der Waals surface area contributed by atoms with Crippen molar-refractivity contribution in [2.75, 3.05) is 12.4 Å². The molecule has 0 spiro atoms. The number of aliphatic imine (C=N–C) groups is 1. The highest BCUT2D eigenvalue weighted by molar-refractivity contribution is 5.92. The second-order valence-corrected chi connectivity index (χ2v) is 5.56. The van der Waals surface area contributed by atoms with E-state index in [2.05, 4.69) is 10.3 Å². The molecule has 0 bridgehead atoms. The van der Waals surface area contributed by atoms with E-state index in [9.17, 15) is 8.78 Å². The molecule has 4 nitrogen and oxygen atoms in total. The Hall–Kier alpha value is -1.69. The van der Waals surface area contributed by atoms with Crippen LogP contribution >= 0.6 is 0 Å². The van der Waals surface area contributed by atoms with Gasteiger partial charge in [-0.25, -0.2) is 13.8 Å². The fraction of sp³-hybridized carbons (Fsp3) is 0.500. The Kier molecular flexibility index (Phi) is 3.94. The van der Waals surface area contributed by atoms with Crippen LogP contribution in [0, 0.1) is 17.0 Å². The molecule has 1 aliphatic carbocycles. The molecule has 2 unspecified atom stereocenters. The molecule has 0 amide bonds. The van der Waals surface area contributed by atoms with Crippen LogP contribution < -0.4 is 11.1 Å². The minimum absolute atomic E-state index is 0.00318. The van der Waals surface area contributed by atoms with Crippen LogP contribution in [0.3, 0.4) is 0 Å². The van der Waals surface area contributed by atoms with Crippen LogP contribution in [0.2, 0.25) is 0 Å². The maximum Gasteiger partial charge on any atom is 0.193 e. The number of benzene rings is 1. The van der Waals surface area contributed by atoms with Gasteiger partial charge in [-0.3, -0.25) is 0 Å². The molecule has 0 radical (unpaired) electrons. The van der Waals surface area contributed by atoms with Gasteiger partial charge in [0, 0.05) is 18.6 Å². The van der Waals surface area contributed by atoms with Crippen molar-refractivity contribution in [1.29, 1.82) is 0 Å². The van der Waals surface area contributed by atoms with Gasteiger partial charge in [-0.15, -0.1) is 0 Å². The van der Waals surface area contributed by atoms with E-state index in [-0.39, 0.29) is 29.2 Å². The number of ether oxygens (including phenoxy) is 1. The van der Waals surface area contributed by atoms with Crippen molar-refractivity contribution in [3.05, 3.63) is 29.8 Å². The van der Waals surface area contributed by atoms with Crippen LogP contribution in [0.4, 0.5) is 14.5 Å². The van der Waals surface area contributed by atoms with Crippen molar-refractivity contribution >= 4 is 11.6 Å². The number of nitrogens with zero attached hydrogens (tertiary/aromatic N) is 1. The molecule has 0 saturated heterocycles. The first-order chi connectivity index (χ1) is 9.34. The van der Waals surface area contributed by atoms with Crippen LogP contribution in [-0.4, -0.2) is 25.2 Å². The van der Waals surface area contributed by atoms with Crippen LogP contribution in [0.5, 0.6) is 0 Å². The zero-order valence-corrected chi connectivity index (χ0v) is 11.8. The smallest absolute Gasteiger partial charge is 0.193 e. The third kappa shape index (κ3) is 2.75. The summed E-state index contributed by atoms with van der Waals surface area (Å²) in [5.41, 5.74) is 5.61. The van der Waals surface area contributed by atoms with Gasteiger partial charge in [-0.05, 0) is 18.6 Å². The normalized spacial score (nSPS) is 25.1. The van der Waals surface area contributed by atoms with Crippen LogP contribution in [0.15, 0.2) is 23.2 Å². The third-order valence-electron chi connectivity index (χ3n) is 3.90. The lowest BCUT2D eigenvalue weighted by Gasteiger charge is -2.48. The zero-order valence-electron chi connectivity index (χ0n) is 11.8. The number of nitrogens with two attached hydrogens (primary N) is 1. The second-order valence-electron chi connectivity index (χ2n) is 5.56. The monoisotopic (exact) mass is 283 g/mol. The molecule has 110 valence electrons. The molecule has 20 heavy (non-hydrogen) atoms. The number of hydrogen-bond acceptors (Lipinski definition) is 2. The fourth-order valence-electron chi connectivity index (χ4n) is 2.41. The highest BCUT2D eigenvalue weighted by atomic mass is 19.1. The van der Waals surface area contributed by atoms with Crippen LogP contribution in [-0.2, 0) is 4.74 Å². The number of anilines is 1. The summed E-state index contributed by atoms with van der Waals surface area (Å²) >= 11 is 0. The van der Waals surface area contributed by atoms with Gasteiger partial charge in [-0.1, -0.05) is 13.8 Å². The van der Waals surface area contributed by atoms with Gasteiger partial charge in [0.05, 0.1) is 17.8 Å². The SMILES string of the molecule is COC1CC(N=C(N)Nc2cc(F)ccc2F)C1(C)C. The average molecular weight is 283 g/mol. The largest absolute Gasteiger partial charge is 0.381 e. The first-order valence-corrected chi connectivity index (χ1v) is 6.42. The van der Waals surface area contributed by atoms with E-state index in [1.165, 1.54) is 0 Å². The van der Waals surface area contributed by atoms with E-state index in [4.69, 9.17) is 10.5 Å². The zero-order chi connectivity index (χ0) is 14.9. The molecule has 1 aromatic carbocycles. The Morgan fingerprint density at radius 2 is 2.15 bits per heavy atom. The van der Waals surface area contributed by atoms with Crippen molar-refractivity contribution in [2.24, 2.45) is 16.1 Å². The first kappa shape index (κ1) is 14.7. The predicted octanol–water partition coefficient (Wildman–Crippen LogP) is 2.50. The van der Waals surface area contributed by atoms with Gasteiger partial charge in [0.1, 0.15) is 11.6 Å². The van der Waals surface area contributed by atoms with Crippen molar-refractivity contribution in [1.82, 2.24) is 0 Å². The summed E-state index contributed by atoms with van der Waals surface area (Å²) in [6.45, 7) is 4.07. The maximum absolute atomic E-state index is 13.5. The second kappa shape index (κ2) is 5.36. The van der Waals surface area contributed by atoms with E-state index in [0.29, 0.717) is 0 Å². The number of methoxy groups -OCH3 is 1. The number of rotatable bonds is 3. The third-order valence-corrected chi connectivity index (χ3v) is 3.90. The number of guanidine groups is 1. The Morgan fingerprint density at radius 1 is 1.45 bits per heavy atom. The molecule has 1 aromatic rings. The maximum atomic E-state index is 13.5. The molecular formula is C14H19F2N3O. The molecule has 1 saturated carbocycles. The van der Waals surface area contributed by atoms with Gasteiger partial charge in [0.2, 0.25) is 0 Å². The quantitative estimate of drug-likeness (QED) is 0.662. The standard InChI is InChI=1S/C14H19F2N3O/c1-14(2)11(7-12(14)20-3)19-13(17)18-10-6-8(15)4-5-9(10)16/h4-6,11-12H,7H2,1-3H3,(H3,17,18,19). The summed E-state index contributed by atoms with van der Waals surface area (Å²) in [5, 5.41) is 2.59. The summed E-state index contributed by atoms with van der Waals surface area (Å²) in [6, 6.07) is 3.13. The van der Waals surface area contributed by atoms with Gasteiger partial charge in [0.25, 0.3) is 0 Å². The Bertz CT molecular complexity index is 531. The number of hydrogen-bond donors (Lipinski definition) is 2. The molecule has 3 N–H and O–H groups in total. The van der Waals surface area contributed by atoms with Crippen molar-refractivity contribution in [3.63, 3.8) is 0 Å². The lowest BCUT2D eigenvalue weighted by atomic mass is 9.65. The summed E-state index contributed by atoms with van der Waals surface area (Å²) in [6.07, 6.45) is 0.896. The molecule has 0 aliphatic heterocycles. The minimum Gasteiger partial charge on any atom is -0.381 e. The summed E-state index contributed by atoms with van der Waals surface area (Å²) in [7, 11) is 1.66. The van der Waals surface area contributed by atoms with Gasteiger partial charge < -0.3 is 15.8 Å². The van der Waals surface area contributed by atoms with Crippen LogP contribution in [0.25, 0.3) is 0 Å². The fourth-order valence-corrected chi connectivity index (χ4v) is 2.41.